The smallest absolute Gasteiger partial charge is 0.238 e. The molecule has 1 saturated heterocycles. The molecule has 4 heterocycles. The first kappa shape index (κ1) is 26.6. The van der Waals surface area contributed by atoms with Crippen molar-refractivity contribution in [2.45, 2.75) is 51.2 Å². The van der Waals surface area contributed by atoms with Gasteiger partial charge in [-0.3, -0.25) is 4.72 Å². The van der Waals surface area contributed by atoms with Crippen molar-refractivity contribution >= 4 is 39.2 Å². The molecule has 0 aliphatic carbocycles. The summed E-state index contributed by atoms with van der Waals surface area (Å²) in [5.74, 6) is 1.27. The molecule has 0 atom stereocenters. The van der Waals surface area contributed by atoms with Gasteiger partial charge < -0.3 is 15.5 Å². The number of nitrogens with one attached hydrogen (secondary N) is 3. The summed E-state index contributed by atoms with van der Waals surface area (Å²) in [7, 11) is -1.58. The van der Waals surface area contributed by atoms with Gasteiger partial charge in [0, 0.05) is 35.7 Å². The van der Waals surface area contributed by atoms with E-state index >= 15 is 0 Å². The van der Waals surface area contributed by atoms with Crippen LogP contribution in [0.25, 0.3) is 0 Å². The predicted octanol–water partition coefficient (Wildman–Crippen LogP) is 3.95. The van der Waals surface area contributed by atoms with Gasteiger partial charge in [-0.1, -0.05) is 0 Å². The summed E-state index contributed by atoms with van der Waals surface area (Å²) < 4.78 is 41.3. The van der Waals surface area contributed by atoms with Gasteiger partial charge in [0.05, 0.1) is 4.75 Å². The van der Waals surface area contributed by atoms with Crippen molar-refractivity contribution in [2.24, 2.45) is 0 Å². The highest BCUT2D eigenvalue weighted by Crippen LogP contribution is 2.30. The molecular formula is C24H32FN9O2S. The first-order valence-corrected chi connectivity index (χ1v) is 13.5. The van der Waals surface area contributed by atoms with E-state index in [1.807, 2.05) is 6.92 Å². The van der Waals surface area contributed by atoms with Crippen LogP contribution in [-0.4, -0.2) is 63.1 Å². The molecule has 1 aliphatic rings. The van der Waals surface area contributed by atoms with E-state index < -0.39 is 14.8 Å². The standard InChI is InChI=1S/C24H32FN9O2S/c1-15-12-27-23(31-19-10-18(25)17(13-26-19)16-6-8-34(5)9-7-16)32-22(15)30-20-11-21(29-14-28-20)33-37(35,36)24(2,3)4/h10-14,16H,6-9H2,1-5H3,(H3,26,27,28,29,30,31,32,33). The molecule has 1 fully saturated rings. The van der Waals surface area contributed by atoms with E-state index in [-0.39, 0.29) is 23.5 Å². The monoisotopic (exact) mass is 529 g/mol. The zero-order chi connectivity index (χ0) is 26.8. The second kappa shape index (κ2) is 10.5. The van der Waals surface area contributed by atoms with Gasteiger partial charge >= 0.3 is 0 Å². The van der Waals surface area contributed by atoms with Crippen molar-refractivity contribution < 1.29 is 12.8 Å². The lowest BCUT2D eigenvalue weighted by molar-refractivity contribution is 0.253. The number of sulfonamides is 1. The molecule has 4 rings (SSSR count). The van der Waals surface area contributed by atoms with Gasteiger partial charge in [0.25, 0.3) is 0 Å². The Bertz CT molecular complexity index is 1370. The number of hydrogen-bond donors (Lipinski definition) is 3. The molecule has 37 heavy (non-hydrogen) atoms. The summed E-state index contributed by atoms with van der Waals surface area (Å²) in [4.78, 5) is 23.5. The number of aromatic nitrogens is 5. The van der Waals surface area contributed by atoms with Crippen LogP contribution in [0, 0.1) is 12.7 Å². The van der Waals surface area contributed by atoms with Crippen molar-refractivity contribution in [3.63, 3.8) is 0 Å². The van der Waals surface area contributed by atoms with Gasteiger partial charge in [-0.15, -0.1) is 0 Å². The summed E-state index contributed by atoms with van der Waals surface area (Å²) in [6.07, 6.45) is 6.24. The van der Waals surface area contributed by atoms with Gasteiger partial charge in [-0.2, -0.15) is 4.98 Å². The molecule has 0 aromatic carbocycles. The number of nitrogens with zero attached hydrogens (tertiary/aromatic N) is 6. The number of rotatable bonds is 7. The first-order chi connectivity index (χ1) is 17.4. The minimum absolute atomic E-state index is 0.127. The fourth-order valence-corrected chi connectivity index (χ4v) is 4.46. The Morgan fingerprint density at radius 1 is 0.973 bits per heavy atom. The highest BCUT2D eigenvalue weighted by atomic mass is 32.2. The number of hydrogen-bond acceptors (Lipinski definition) is 10. The Kier molecular flexibility index (Phi) is 7.55. The minimum Gasteiger partial charge on any atom is -0.324 e. The minimum atomic E-state index is -3.65. The number of aryl methyl sites for hydroxylation is 1. The Hall–Kier alpha value is -3.45. The number of anilines is 5. The first-order valence-electron chi connectivity index (χ1n) is 12.0. The number of likely N-dealkylation sites (tertiary alicyclic amines) is 1. The van der Waals surface area contributed by atoms with Crippen molar-refractivity contribution in [1.82, 2.24) is 29.8 Å². The zero-order valence-electron chi connectivity index (χ0n) is 21.6. The third-order valence-electron chi connectivity index (χ3n) is 6.21. The zero-order valence-corrected chi connectivity index (χ0v) is 22.4. The highest BCUT2D eigenvalue weighted by molar-refractivity contribution is 7.94. The van der Waals surface area contributed by atoms with Gasteiger partial charge in [-0.25, -0.2) is 32.7 Å². The van der Waals surface area contributed by atoms with E-state index in [0.717, 1.165) is 31.5 Å². The fraction of sp³-hybridized carbons (Fsp3) is 0.458. The van der Waals surface area contributed by atoms with E-state index in [1.54, 1.807) is 33.2 Å². The Morgan fingerprint density at radius 3 is 2.32 bits per heavy atom. The van der Waals surface area contributed by atoms with Crippen LogP contribution in [-0.2, 0) is 10.0 Å². The van der Waals surface area contributed by atoms with Crippen LogP contribution in [0.2, 0.25) is 0 Å². The SMILES string of the molecule is Cc1cnc(Nc2cc(F)c(C3CCN(C)CC3)cn2)nc1Nc1cc(NS(=O)(=O)C(C)(C)C)ncn1. The summed E-state index contributed by atoms with van der Waals surface area (Å²) in [5, 5.41) is 6.00. The second-order valence-corrected chi connectivity index (χ2v) is 12.6. The van der Waals surface area contributed by atoms with Crippen LogP contribution in [0.5, 0.6) is 0 Å². The van der Waals surface area contributed by atoms with Gasteiger partial charge in [0.15, 0.2) is 0 Å². The summed E-state index contributed by atoms with van der Waals surface area (Å²) in [6, 6.07) is 2.83. The quantitative estimate of drug-likeness (QED) is 0.412. The molecule has 1 aliphatic heterocycles. The van der Waals surface area contributed by atoms with E-state index in [1.165, 1.54) is 18.5 Å². The van der Waals surface area contributed by atoms with Crippen LogP contribution in [0.4, 0.5) is 33.6 Å². The van der Waals surface area contributed by atoms with Crippen LogP contribution >= 0.6 is 0 Å². The van der Waals surface area contributed by atoms with Gasteiger partial charge in [0.2, 0.25) is 16.0 Å². The lowest BCUT2D eigenvalue weighted by Gasteiger charge is -2.29. The van der Waals surface area contributed by atoms with E-state index in [2.05, 4.69) is 52.2 Å². The van der Waals surface area contributed by atoms with Crippen molar-refractivity contribution in [3.05, 3.63) is 47.8 Å². The molecule has 0 radical (unpaired) electrons. The Labute approximate surface area is 216 Å². The van der Waals surface area contributed by atoms with Crippen LogP contribution in [0.3, 0.4) is 0 Å². The maximum Gasteiger partial charge on any atom is 0.238 e. The molecule has 198 valence electrons. The third kappa shape index (κ3) is 6.46. The van der Waals surface area contributed by atoms with Crippen LogP contribution < -0.4 is 15.4 Å². The maximum absolute atomic E-state index is 14.9. The lowest BCUT2D eigenvalue weighted by Crippen LogP contribution is -2.34. The van der Waals surface area contributed by atoms with Crippen molar-refractivity contribution in [2.75, 3.05) is 35.5 Å². The summed E-state index contributed by atoms with van der Waals surface area (Å²) in [5.41, 5.74) is 1.35. The number of pyridine rings is 1. The van der Waals surface area contributed by atoms with Crippen LogP contribution in [0.15, 0.2) is 30.9 Å². The molecule has 13 heteroatoms. The molecule has 11 nitrogen and oxygen atoms in total. The van der Waals surface area contributed by atoms with Gasteiger partial charge in [-0.05, 0) is 66.6 Å². The molecule has 0 bridgehead atoms. The Morgan fingerprint density at radius 2 is 1.65 bits per heavy atom. The van der Waals surface area contributed by atoms with E-state index in [0.29, 0.717) is 23.0 Å². The molecular weight excluding hydrogens is 497 g/mol. The van der Waals surface area contributed by atoms with Gasteiger partial charge in [0.1, 0.15) is 35.4 Å². The topological polar surface area (TPSA) is 138 Å². The van der Waals surface area contributed by atoms with Crippen molar-refractivity contribution in [1.29, 1.82) is 0 Å². The van der Waals surface area contributed by atoms with E-state index in [4.69, 9.17) is 0 Å². The van der Waals surface area contributed by atoms with E-state index in [9.17, 15) is 12.8 Å². The van der Waals surface area contributed by atoms with Crippen molar-refractivity contribution in [3.8, 4) is 0 Å². The third-order valence-corrected chi connectivity index (χ3v) is 8.30. The highest BCUT2D eigenvalue weighted by Gasteiger charge is 2.29. The predicted molar refractivity (Wildman–Crippen MR) is 141 cm³/mol. The lowest BCUT2D eigenvalue weighted by atomic mass is 9.90. The molecule has 3 aromatic rings. The molecule has 0 spiro atoms. The largest absolute Gasteiger partial charge is 0.324 e. The molecule has 0 saturated carbocycles. The van der Waals surface area contributed by atoms with Crippen LogP contribution in [0.1, 0.15) is 50.7 Å². The molecule has 3 aromatic heterocycles. The summed E-state index contributed by atoms with van der Waals surface area (Å²) >= 11 is 0. The molecule has 3 N–H and O–H groups in total. The number of piperidine rings is 1. The average molecular weight is 530 g/mol. The molecule has 0 unspecified atom stereocenters. The maximum atomic E-state index is 14.9. The second-order valence-electron chi connectivity index (χ2n) is 10.2. The Balaban J connectivity index is 1.48. The number of halogens is 1. The average Bonchev–Trinajstić information content (AvgIpc) is 2.81. The molecule has 0 amide bonds. The summed E-state index contributed by atoms with van der Waals surface area (Å²) in [6.45, 7) is 8.47. The normalized spacial score (nSPS) is 15.4. The fourth-order valence-electron chi connectivity index (χ4n) is 3.77.